The van der Waals surface area contributed by atoms with Crippen molar-refractivity contribution < 1.29 is 9.53 Å². The lowest BCUT2D eigenvalue weighted by atomic mass is 10.0. The minimum absolute atomic E-state index is 0.110. The first-order chi connectivity index (χ1) is 9.70. The zero-order valence-corrected chi connectivity index (χ0v) is 12.2. The fourth-order valence-corrected chi connectivity index (χ4v) is 2.28. The fourth-order valence-electron chi connectivity index (χ4n) is 2.28. The van der Waals surface area contributed by atoms with Crippen molar-refractivity contribution in [2.24, 2.45) is 5.92 Å². The monoisotopic (exact) mass is 277 g/mol. The SMILES string of the molecule is CCCNc1ccnc(C(=O)NC(C)C2CCOC2)c1. The Morgan fingerprint density at radius 3 is 3.15 bits per heavy atom. The smallest absolute Gasteiger partial charge is 0.270 e. The highest BCUT2D eigenvalue weighted by molar-refractivity contribution is 5.93. The van der Waals surface area contributed by atoms with Gasteiger partial charge < -0.3 is 15.4 Å². The molecule has 0 bridgehead atoms. The topological polar surface area (TPSA) is 63.2 Å². The van der Waals surface area contributed by atoms with Crippen LogP contribution in [0.25, 0.3) is 0 Å². The Labute approximate surface area is 120 Å². The average molecular weight is 277 g/mol. The lowest BCUT2D eigenvalue weighted by Crippen LogP contribution is -2.38. The summed E-state index contributed by atoms with van der Waals surface area (Å²) in [5.74, 6) is 0.282. The predicted octanol–water partition coefficient (Wildman–Crippen LogP) is 2.06. The van der Waals surface area contributed by atoms with Crippen molar-refractivity contribution in [1.82, 2.24) is 10.3 Å². The summed E-state index contributed by atoms with van der Waals surface area (Å²) >= 11 is 0. The number of carbonyl (C=O) groups excluding carboxylic acids is 1. The second kappa shape index (κ2) is 7.24. The number of pyridine rings is 1. The van der Waals surface area contributed by atoms with E-state index in [9.17, 15) is 4.79 Å². The van der Waals surface area contributed by atoms with Gasteiger partial charge in [-0.1, -0.05) is 6.92 Å². The van der Waals surface area contributed by atoms with Gasteiger partial charge in [0, 0.05) is 37.0 Å². The van der Waals surface area contributed by atoms with Gasteiger partial charge in [0.2, 0.25) is 0 Å². The molecule has 1 aromatic heterocycles. The molecule has 2 unspecified atom stereocenters. The molecule has 1 aromatic rings. The van der Waals surface area contributed by atoms with E-state index in [1.54, 1.807) is 12.3 Å². The van der Waals surface area contributed by atoms with Crippen LogP contribution in [0.5, 0.6) is 0 Å². The summed E-state index contributed by atoms with van der Waals surface area (Å²) in [5.41, 5.74) is 1.39. The molecule has 1 aliphatic rings. The molecule has 2 rings (SSSR count). The van der Waals surface area contributed by atoms with Crippen molar-refractivity contribution >= 4 is 11.6 Å². The summed E-state index contributed by atoms with van der Waals surface area (Å²) in [6.07, 6.45) is 3.71. The summed E-state index contributed by atoms with van der Waals surface area (Å²) in [7, 11) is 0. The van der Waals surface area contributed by atoms with Crippen LogP contribution >= 0.6 is 0 Å². The van der Waals surface area contributed by atoms with Gasteiger partial charge in [-0.15, -0.1) is 0 Å². The molecule has 5 heteroatoms. The first kappa shape index (κ1) is 14.8. The minimum Gasteiger partial charge on any atom is -0.385 e. The molecule has 2 atom stereocenters. The van der Waals surface area contributed by atoms with E-state index in [1.165, 1.54) is 0 Å². The molecular weight excluding hydrogens is 254 g/mol. The third kappa shape index (κ3) is 3.93. The van der Waals surface area contributed by atoms with Gasteiger partial charge in [0.1, 0.15) is 5.69 Å². The Kier molecular flexibility index (Phi) is 5.35. The van der Waals surface area contributed by atoms with Gasteiger partial charge in [-0.2, -0.15) is 0 Å². The number of amides is 1. The number of rotatable bonds is 6. The molecule has 1 amide bonds. The largest absolute Gasteiger partial charge is 0.385 e. The molecule has 110 valence electrons. The zero-order chi connectivity index (χ0) is 14.4. The molecule has 0 radical (unpaired) electrons. The Balaban J connectivity index is 1.94. The van der Waals surface area contributed by atoms with E-state index >= 15 is 0 Å². The molecular formula is C15H23N3O2. The zero-order valence-electron chi connectivity index (χ0n) is 12.2. The van der Waals surface area contributed by atoms with Crippen molar-refractivity contribution in [2.75, 3.05) is 25.1 Å². The molecule has 5 nitrogen and oxygen atoms in total. The van der Waals surface area contributed by atoms with E-state index in [4.69, 9.17) is 4.74 Å². The molecule has 1 saturated heterocycles. The predicted molar refractivity (Wildman–Crippen MR) is 78.9 cm³/mol. The number of hydrogen-bond acceptors (Lipinski definition) is 4. The molecule has 20 heavy (non-hydrogen) atoms. The Morgan fingerprint density at radius 1 is 1.60 bits per heavy atom. The van der Waals surface area contributed by atoms with Crippen LogP contribution in [0, 0.1) is 5.92 Å². The normalized spacial score (nSPS) is 19.6. The summed E-state index contributed by atoms with van der Waals surface area (Å²) < 4.78 is 5.35. The quantitative estimate of drug-likeness (QED) is 0.835. The summed E-state index contributed by atoms with van der Waals surface area (Å²) in [5, 5.41) is 6.27. The van der Waals surface area contributed by atoms with E-state index in [0.717, 1.165) is 38.3 Å². The molecule has 0 spiro atoms. The summed E-state index contributed by atoms with van der Waals surface area (Å²) in [4.78, 5) is 16.3. The number of nitrogens with zero attached hydrogens (tertiary/aromatic N) is 1. The molecule has 1 fully saturated rings. The second-order valence-corrected chi connectivity index (χ2v) is 5.24. The number of ether oxygens (including phenoxy) is 1. The molecule has 0 aliphatic carbocycles. The van der Waals surface area contributed by atoms with Crippen LogP contribution in [0.3, 0.4) is 0 Å². The first-order valence-electron chi connectivity index (χ1n) is 7.29. The lowest BCUT2D eigenvalue weighted by Gasteiger charge is -2.19. The van der Waals surface area contributed by atoms with E-state index in [0.29, 0.717) is 11.6 Å². The second-order valence-electron chi connectivity index (χ2n) is 5.24. The maximum absolute atomic E-state index is 12.2. The maximum Gasteiger partial charge on any atom is 0.270 e. The van der Waals surface area contributed by atoms with Crippen molar-refractivity contribution in [1.29, 1.82) is 0 Å². The third-order valence-electron chi connectivity index (χ3n) is 3.60. The van der Waals surface area contributed by atoms with Gasteiger partial charge in [-0.3, -0.25) is 9.78 Å². The van der Waals surface area contributed by atoms with Gasteiger partial charge in [0.05, 0.1) is 6.61 Å². The van der Waals surface area contributed by atoms with Crippen molar-refractivity contribution in [3.05, 3.63) is 24.0 Å². The van der Waals surface area contributed by atoms with Gasteiger partial charge >= 0.3 is 0 Å². The van der Waals surface area contributed by atoms with E-state index in [1.807, 2.05) is 13.0 Å². The lowest BCUT2D eigenvalue weighted by molar-refractivity contribution is 0.0917. The first-order valence-corrected chi connectivity index (χ1v) is 7.29. The van der Waals surface area contributed by atoms with Crippen molar-refractivity contribution in [3.8, 4) is 0 Å². The Bertz CT molecular complexity index is 444. The Morgan fingerprint density at radius 2 is 2.45 bits per heavy atom. The molecule has 2 N–H and O–H groups in total. The van der Waals surface area contributed by atoms with Crippen LogP contribution < -0.4 is 10.6 Å². The van der Waals surface area contributed by atoms with Crippen LogP contribution in [0.1, 0.15) is 37.2 Å². The highest BCUT2D eigenvalue weighted by Crippen LogP contribution is 2.17. The number of carbonyl (C=O) groups is 1. The highest BCUT2D eigenvalue weighted by atomic mass is 16.5. The number of anilines is 1. The van der Waals surface area contributed by atoms with E-state index in [-0.39, 0.29) is 11.9 Å². The fraction of sp³-hybridized carbons (Fsp3) is 0.600. The van der Waals surface area contributed by atoms with Gasteiger partial charge in [0.15, 0.2) is 0 Å². The minimum atomic E-state index is -0.121. The van der Waals surface area contributed by atoms with Crippen LogP contribution in [0.2, 0.25) is 0 Å². The number of nitrogens with one attached hydrogen (secondary N) is 2. The standard InChI is InChI=1S/C15H23N3O2/c1-3-6-16-13-4-7-17-14(9-13)15(19)18-11(2)12-5-8-20-10-12/h4,7,9,11-12H,3,5-6,8,10H2,1-2H3,(H,16,17)(H,18,19). The van der Waals surface area contributed by atoms with Gasteiger partial charge in [0.25, 0.3) is 5.91 Å². The van der Waals surface area contributed by atoms with Crippen LogP contribution in [-0.4, -0.2) is 36.7 Å². The van der Waals surface area contributed by atoms with Crippen LogP contribution in [0.4, 0.5) is 5.69 Å². The van der Waals surface area contributed by atoms with Gasteiger partial charge in [-0.25, -0.2) is 0 Å². The number of hydrogen-bond donors (Lipinski definition) is 2. The molecule has 0 saturated carbocycles. The average Bonchev–Trinajstić information content (AvgIpc) is 2.99. The highest BCUT2D eigenvalue weighted by Gasteiger charge is 2.24. The summed E-state index contributed by atoms with van der Waals surface area (Å²) in [6.45, 7) is 6.54. The van der Waals surface area contributed by atoms with Crippen molar-refractivity contribution in [2.45, 2.75) is 32.7 Å². The molecule has 1 aliphatic heterocycles. The molecule has 2 heterocycles. The van der Waals surface area contributed by atoms with E-state index in [2.05, 4.69) is 22.5 Å². The Hall–Kier alpha value is -1.62. The summed E-state index contributed by atoms with van der Waals surface area (Å²) in [6, 6.07) is 3.78. The van der Waals surface area contributed by atoms with Crippen molar-refractivity contribution in [3.63, 3.8) is 0 Å². The van der Waals surface area contributed by atoms with Gasteiger partial charge in [-0.05, 0) is 31.9 Å². The number of aromatic nitrogens is 1. The molecule has 0 aromatic carbocycles. The van der Waals surface area contributed by atoms with Crippen LogP contribution in [-0.2, 0) is 4.74 Å². The maximum atomic E-state index is 12.2. The van der Waals surface area contributed by atoms with Crippen LogP contribution in [0.15, 0.2) is 18.3 Å². The van der Waals surface area contributed by atoms with E-state index < -0.39 is 0 Å². The third-order valence-corrected chi connectivity index (χ3v) is 3.60.